The van der Waals surface area contributed by atoms with Crippen molar-refractivity contribution in [2.75, 3.05) is 24.7 Å². The minimum Gasteiger partial charge on any atom is -0.387 e. The third-order valence-electron chi connectivity index (χ3n) is 6.71. The van der Waals surface area contributed by atoms with Crippen LogP contribution in [-0.4, -0.2) is 81.0 Å². The minimum absolute atomic E-state index is 0.0871. The third kappa shape index (κ3) is 7.11. The van der Waals surface area contributed by atoms with Crippen LogP contribution in [0.25, 0.3) is 11.2 Å². The first kappa shape index (κ1) is 32.4. The Labute approximate surface area is 253 Å². The van der Waals surface area contributed by atoms with Gasteiger partial charge in [0.1, 0.15) is 41.8 Å². The molecule has 0 aromatic carbocycles. The summed E-state index contributed by atoms with van der Waals surface area (Å²) in [5.41, 5.74) is 15.6. The third-order valence-corrected chi connectivity index (χ3v) is 10.5. The molecule has 4 aromatic rings. The number of aliphatic hydroxyl groups is 2. The fourth-order valence-electron chi connectivity index (χ4n) is 4.42. The summed E-state index contributed by atoms with van der Waals surface area (Å²) in [4.78, 5) is 41.2. The largest absolute Gasteiger partial charge is 0.481 e. The lowest BCUT2D eigenvalue weighted by Crippen LogP contribution is -2.35. The maximum Gasteiger partial charge on any atom is 0.481 e. The quantitative estimate of drug-likeness (QED) is 0.0845. The highest BCUT2D eigenvalue weighted by molar-refractivity contribution is 7.61. The SMILES string of the molecule is Cc1ncc(C[n+]2csc(CCOP(=O)(O)OP(=O)(O)OC[C@H]3O[C@@H](n4cnc5c(N)ncnc54)[C@H](O)[C@@H]3O)c2C)c(N)n1. The van der Waals surface area contributed by atoms with Crippen LogP contribution in [0, 0.1) is 13.8 Å². The van der Waals surface area contributed by atoms with E-state index in [1.165, 1.54) is 28.6 Å². The Morgan fingerprint density at radius 1 is 1.07 bits per heavy atom. The molecule has 238 valence electrons. The number of nitrogens with two attached hydrogens (primary N) is 2. The lowest BCUT2D eigenvalue weighted by molar-refractivity contribution is -0.689. The van der Waals surface area contributed by atoms with Crippen LogP contribution in [0.1, 0.15) is 28.2 Å². The van der Waals surface area contributed by atoms with E-state index in [4.69, 9.17) is 25.3 Å². The number of aliphatic hydroxyl groups excluding tert-OH is 2. The fourth-order valence-corrected chi connectivity index (χ4v) is 7.47. The number of aromatic nitrogens is 7. The van der Waals surface area contributed by atoms with Crippen molar-refractivity contribution >= 4 is 49.8 Å². The van der Waals surface area contributed by atoms with Gasteiger partial charge in [-0.05, 0) is 6.92 Å². The summed E-state index contributed by atoms with van der Waals surface area (Å²) >= 11 is 1.37. The first-order chi connectivity index (χ1) is 20.7. The molecule has 6 atom stereocenters. The Morgan fingerprint density at radius 2 is 1.82 bits per heavy atom. The molecule has 1 fully saturated rings. The lowest BCUT2D eigenvalue weighted by Gasteiger charge is -2.19. The van der Waals surface area contributed by atoms with Gasteiger partial charge in [0.05, 0.1) is 30.0 Å². The standard InChI is InChI=1S/C22H29N9O10P2S/c1-11-15(44-10-30(11)6-13-5-25-12(2)29-19(13)23)3-4-38-42(34,35)41-43(36,37)39-7-14-17(32)18(33)22(40-14)31-9-28-16-20(24)26-8-27-21(16)31/h5,8-10,14,17-18,22,32-33H,3-4,6-7H2,1-2H3,(H5-,23,24,25,26,27,29,34,35,36,37)/p+1/t14-,17-,18-,22-/m1/s1. The van der Waals surface area contributed by atoms with Crippen LogP contribution in [0.5, 0.6) is 0 Å². The van der Waals surface area contributed by atoms with Crippen molar-refractivity contribution in [3.8, 4) is 0 Å². The van der Waals surface area contributed by atoms with Crippen LogP contribution in [-0.2, 0) is 40.2 Å². The average Bonchev–Trinajstić information content (AvgIpc) is 3.61. The smallest absolute Gasteiger partial charge is 0.387 e. The molecule has 5 rings (SSSR count). The Kier molecular flexibility index (Phi) is 9.41. The van der Waals surface area contributed by atoms with E-state index >= 15 is 0 Å². The van der Waals surface area contributed by atoms with E-state index in [-0.39, 0.29) is 30.0 Å². The summed E-state index contributed by atoms with van der Waals surface area (Å²) in [6.45, 7) is 2.88. The number of phosphoric ester groups is 2. The van der Waals surface area contributed by atoms with Gasteiger partial charge < -0.3 is 36.2 Å². The van der Waals surface area contributed by atoms with Gasteiger partial charge in [0.15, 0.2) is 29.9 Å². The number of anilines is 2. The van der Waals surface area contributed by atoms with Crippen molar-refractivity contribution in [2.24, 2.45) is 0 Å². The van der Waals surface area contributed by atoms with Crippen LogP contribution >= 0.6 is 27.0 Å². The summed E-state index contributed by atoms with van der Waals surface area (Å²) in [5, 5.41) is 21.0. The maximum atomic E-state index is 12.4. The van der Waals surface area contributed by atoms with Gasteiger partial charge in [0.2, 0.25) is 5.51 Å². The van der Waals surface area contributed by atoms with Gasteiger partial charge in [-0.1, -0.05) is 11.3 Å². The highest BCUT2D eigenvalue weighted by atomic mass is 32.1. The van der Waals surface area contributed by atoms with Crippen LogP contribution in [0.15, 0.2) is 24.4 Å². The van der Waals surface area contributed by atoms with Gasteiger partial charge in [0, 0.05) is 19.5 Å². The first-order valence-corrected chi connectivity index (χ1v) is 16.8. The van der Waals surface area contributed by atoms with E-state index in [0.29, 0.717) is 18.2 Å². The van der Waals surface area contributed by atoms with Crippen LogP contribution < -0.4 is 16.0 Å². The zero-order valence-electron chi connectivity index (χ0n) is 23.3. The number of ether oxygens (including phenoxy) is 1. The van der Waals surface area contributed by atoms with Gasteiger partial charge in [-0.2, -0.15) is 8.88 Å². The summed E-state index contributed by atoms with van der Waals surface area (Å²) < 4.78 is 47.7. The van der Waals surface area contributed by atoms with Crippen molar-refractivity contribution in [1.82, 2.24) is 29.5 Å². The van der Waals surface area contributed by atoms with Crippen LogP contribution in [0.2, 0.25) is 0 Å². The second kappa shape index (κ2) is 12.8. The van der Waals surface area contributed by atoms with Crippen molar-refractivity contribution in [3.63, 3.8) is 0 Å². The van der Waals surface area contributed by atoms with Gasteiger partial charge in [0.25, 0.3) is 0 Å². The molecule has 0 bridgehead atoms. The number of fused-ring (bicyclic) bond motifs is 1. The van der Waals surface area contributed by atoms with Crippen molar-refractivity contribution in [1.29, 1.82) is 0 Å². The monoisotopic (exact) mass is 674 g/mol. The Bertz CT molecular complexity index is 1760. The number of nitrogens with zero attached hydrogens (tertiary/aromatic N) is 7. The van der Waals surface area contributed by atoms with E-state index < -0.39 is 46.8 Å². The van der Waals surface area contributed by atoms with Crippen LogP contribution in [0.4, 0.5) is 11.6 Å². The van der Waals surface area contributed by atoms with Crippen molar-refractivity contribution in [3.05, 3.63) is 46.3 Å². The van der Waals surface area contributed by atoms with Gasteiger partial charge in [-0.15, -0.1) is 0 Å². The number of phosphoric acid groups is 2. The molecule has 2 unspecified atom stereocenters. The number of imidazole rings is 1. The molecule has 0 aliphatic carbocycles. The zero-order valence-corrected chi connectivity index (χ0v) is 25.9. The molecule has 5 heterocycles. The zero-order chi connectivity index (χ0) is 31.8. The van der Waals surface area contributed by atoms with Crippen LogP contribution in [0.3, 0.4) is 0 Å². The number of thiazole rings is 1. The van der Waals surface area contributed by atoms with Gasteiger partial charge in [-0.25, -0.2) is 34.0 Å². The lowest BCUT2D eigenvalue weighted by atomic mass is 10.1. The summed E-state index contributed by atoms with van der Waals surface area (Å²) in [6, 6.07) is 0. The average molecular weight is 675 g/mol. The summed E-state index contributed by atoms with van der Waals surface area (Å²) in [5.74, 6) is 1.01. The number of hydrogen-bond donors (Lipinski definition) is 6. The number of hydrogen-bond acceptors (Lipinski definition) is 16. The maximum absolute atomic E-state index is 12.4. The molecule has 19 nitrogen and oxygen atoms in total. The van der Waals surface area contributed by atoms with Gasteiger partial charge >= 0.3 is 15.6 Å². The number of aryl methyl sites for hydroxylation is 1. The Morgan fingerprint density at radius 3 is 2.57 bits per heavy atom. The predicted octanol–water partition coefficient (Wildman–Crippen LogP) is -0.0927. The van der Waals surface area contributed by atoms with Crippen molar-refractivity contribution in [2.45, 2.75) is 51.4 Å². The molecule has 1 aliphatic heterocycles. The van der Waals surface area contributed by atoms with Gasteiger partial charge in [-0.3, -0.25) is 13.6 Å². The predicted molar refractivity (Wildman–Crippen MR) is 152 cm³/mol. The highest BCUT2D eigenvalue weighted by Crippen LogP contribution is 2.60. The molecule has 22 heteroatoms. The van der Waals surface area contributed by atoms with E-state index in [9.17, 15) is 29.1 Å². The number of rotatable bonds is 12. The minimum atomic E-state index is -5.20. The number of nitrogen functional groups attached to an aromatic ring is 2. The molecule has 4 aromatic heterocycles. The van der Waals surface area contributed by atoms with E-state index in [0.717, 1.165) is 16.1 Å². The first-order valence-electron chi connectivity index (χ1n) is 12.9. The molecule has 0 saturated carbocycles. The molecule has 1 saturated heterocycles. The molecule has 0 radical (unpaired) electrons. The topological polar surface area (TPSA) is 277 Å². The normalized spacial score (nSPS) is 23.1. The Balaban J connectivity index is 1.12. The van der Waals surface area contributed by atoms with E-state index in [2.05, 4.69) is 29.2 Å². The van der Waals surface area contributed by atoms with E-state index in [1.54, 1.807) is 13.1 Å². The fraction of sp³-hybridized carbons (Fsp3) is 0.455. The molecular formula is C22H30N9O10P2S+. The molecule has 1 aliphatic rings. The van der Waals surface area contributed by atoms with E-state index in [1.807, 2.05) is 17.0 Å². The molecule has 0 spiro atoms. The molecular weight excluding hydrogens is 644 g/mol. The van der Waals surface area contributed by atoms with Crippen molar-refractivity contribution < 1.29 is 51.8 Å². The summed E-state index contributed by atoms with van der Waals surface area (Å²) in [7, 11) is -10.3. The Hall–Kier alpha value is -3.00. The molecule has 8 N–H and O–H groups in total. The molecule has 44 heavy (non-hydrogen) atoms. The summed E-state index contributed by atoms with van der Waals surface area (Å²) in [6.07, 6.45) is -1.38. The second-order valence-corrected chi connectivity index (χ2v) is 13.7. The molecule has 0 amide bonds. The second-order valence-electron chi connectivity index (χ2n) is 9.71. The highest BCUT2D eigenvalue weighted by Gasteiger charge is 2.46.